The number of carboxylic acids is 1. The van der Waals surface area contributed by atoms with E-state index in [1.165, 1.54) is 25.7 Å². The normalized spacial score (nSPS) is 28.6. The number of hydrogen-bond donors (Lipinski definition) is 1. The molecule has 3 saturated carbocycles. The number of aliphatic carboxylic acids is 1. The minimum atomic E-state index is -0.853. The van der Waals surface area contributed by atoms with Crippen molar-refractivity contribution in [2.75, 3.05) is 6.61 Å². The van der Waals surface area contributed by atoms with Gasteiger partial charge in [0.25, 0.3) is 0 Å². The maximum Gasteiger partial charge on any atom is 0.314 e. The molecule has 1 heterocycles. The van der Waals surface area contributed by atoms with Gasteiger partial charge in [-0.05, 0) is 91.6 Å². The molecule has 0 bridgehead atoms. The molecular formula is C25H31BrN2O3. The number of benzene rings is 1. The Morgan fingerprint density at radius 1 is 1.13 bits per heavy atom. The fourth-order valence-electron chi connectivity index (χ4n) is 5.08. The highest BCUT2D eigenvalue weighted by Crippen LogP contribution is 2.51. The van der Waals surface area contributed by atoms with Crippen molar-refractivity contribution >= 4 is 21.9 Å². The highest BCUT2D eigenvalue weighted by atomic mass is 79.9. The van der Waals surface area contributed by atoms with Crippen molar-refractivity contribution in [3.63, 3.8) is 0 Å². The number of aryl methyl sites for hydroxylation is 1. The summed E-state index contributed by atoms with van der Waals surface area (Å²) in [7, 11) is 0. The molecule has 3 aliphatic carbocycles. The number of hydrogen-bond acceptors (Lipinski definition) is 3. The number of carboxylic acid groups (broad SMARTS) is 1. The summed E-state index contributed by atoms with van der Waals surface area (Å²) in [6.07, 6.45) is 7.48. The Labute approximate surface area is 192 Å². The molecule has 5 rings (SSSR count). The van der Waals surface area contributed by atoms with E-state index < -0.39 is 17.0 Å². The molecule has 3 fully saturated rings. The SMILES string of the molecule is Cc1nc(C2(OCC3CC3)CCC(C(=O)O)(c3ccccc3)CC2)n(CC2CC2)c1Br. The van der Waals surface area contributed by atoms with Gasteiger partial charge in [0.2, 0.25) is 0 Å². The Balaban J connectivity index is 1.49. The molecule has 1 N–H and O–H groups in total. The zero-order valence-electron chi connectivity index (χ0n) is 18.1. The zero-order chi connectivity index (χ0) is 21.6. The minimum absolute atomic E-state index is 0.512. The van der Waals surface area contributed by atoms with E-state index in [4.69, 9.17) is 9.72 Å². The molecule has 2 aromatic rings. The molecule has 5 nitrogen and oxygen atoms in total. The van der Waals surface area contributed by atoms with Crippen LogP contribution in [0.2, 0.25) is 0 Å². The molecule has 1 aromatic heterocycles. The average molecular weight is 487 g/mol. The van der Waals surface area contributed by atoms with Gasteiger partial charge in [-0.15, -0.1) is 0 Å². The van der Waals surface area contributed by atoms with Crippen LogP contribution in [0.4, 0.5) is 0 Å². The van der Waals surface area contributed by atoms with Gasteiger partial charge >= 0.3 is 5.97 Å². The van der Waals surface area contributed by atoms with Gasteiger partial charge in [-0.1, -0.05) is 30.3 Å². The molecule has 31 heavy (non-hydrogen) atoms. The highest BCUT2D eigenvalue weighted by Gasteiger charge is 2.52. The van der Waals surface area contributed by atoms with Crippen molar-refractivity contribution in [3.8, 4) is 0 Å². The third-order valence-corrected chi connectivity index (χ3v) is 8.55. The largest absolute Gasteiger partial charge is 0.481 e. The van der Waals surface area contributed by atoms with Crippen molar-refractivity contribution in [3.05, 3.63) is 52.0 Å². The van der Waals surface area contributed by atoms with E-state index in [0.717, 1.165) is 40.8 Å². The number of aromatic nitrogens is 2. The Kier molecular flexibility index (Phi) is 5.50. The van der Waals surface area contributed by atoms with E-state index in [1.807, 2.05) is 37.3 Å². The van der Waals surface area contributed by atoms with Crippen LogP contribution in [0.25, 0.3) is 0 Å². The van der Waals surface area contributed by atoms with Crippen molar-refractivity contribution < 1.29 is 14.6 Å². The smallest absolute Gasteiger partial charge is 0.314 e. The molecule has 1 aromatic carbocycles. The van der Waals surface area contributed by atoms with Crippen LogP contribution in [0.5, 0.6) is 0 Å². The van der Waals surface area contributed by atoms with Gasteiger partial charge in [-0.3, -0.25) is 4.79 Å². The van der Waals surface area contributed by atoms with Crippen LogP contribution < -0.4 is 0 Å². The van der Waals surface area contributed by atoms with Crippen LogP contribution in [0.15, 0.2) is 34.9 Å². The van der Waals surface area contributed by atoms with Gasteiger partial charge in [-0.2, -0.15) is 0 Å². The summed E-state index contributed by atoms with van der Waals surface area (Å²) in [5.74, 6) is 1.63. The first-order chi connectivity index (χ1) is 14.9. The summed E-state index contributed by atoms with van der Waals surface area (Å²) in [5.41, 5.74) is 0.524. The summed E-state index contributed by atoms with van der Waals surface area (Å²) in [6.45, 7) is 3.76. The van der Waals surface area contributed by atoms with E-state index in [9.17, 15) is 9.90 Å². The maximum atomic E-state index is 12.5. The molecule has 0 unspecified atom stereocenters. The number of nitrogens with zero attached hydrogens (tertiary/aromatic N) is 2. The van der Waals surface area contributed by atoms with Crippen LogP contribution in [-0.2, 0) is 27.1 Å². The fourth-order valence-corrected chi connectivity index (χ4v) is 5.49. The predicted octanol–water partition coefficient (Wildman–Crippen LogP) is 5.58. The molecule has 0 spiro atoms. The second kappa shape index (κ2) is 8.04. The number of carbonyl (C=O) groups is 1. The Bertz CT molecular complexity index is 955. The molecule has 0 amide bonds. The van der Waals surface area contributed by atoms with Crippen LogP contribution in [0, 0.1) is 18.8 Å². The summed E-state index contributed by atoms with van der Waals surface area (Å²) in [4.78, 5) is 17.5. The topological polar surface area (TPSA) is 64.3 Å². The van der Waals surface area contributed by atoms with E-state index >= 15 is 0 Å². The van der Waals surface area contributed by atoms with Crippen molar-refractivity contribution in [2.24, 2.45) is 11.8 Å². The number of ether oxygens (including phenoxy) is 1. The molecule has 3 aliphatic rings. The number of imidazole rings is 1. The van der Waals surface area contributed by atoms with Gasteiger partial charge in [0.05, 0.1) is 17.7 Å². The minimum Gasteiger partial charge on any atom is -0.481 e. The molecule has 6 heteroatoms. The molecular weight excluding hydrogens is 456 g/mol. The van der Waals surface area contributed by atoms with Gasteiger partial charge in [-0.25, -0.2) is 4.98 Å². The Morgan fingerprint density at radius 2 is 1.77 bits per heavy atom. The standard InChI is InChI=1S/C25H31BrN2O3/c1-17-21(26)28(15-18-7-8-18)22(27-17)25(31-16-19-9-10-19)13-11-24(12-14-25,23(29)30)20-5-3-2-4-6-20/h2-6,18-19H,7-16H2,1H3,(H,29,30). The van der Waals surface area contributed by atoms with Crippen LogP contribution in [0.3, 0.4) is 0 Å². The summed E-state index contributed by atoms with van der Waals surface area (Å²) < 4.78 is 10.1. The van der Waals surface area contributed by atoms with Crippen molar-refractivity contribution in [2.45, 2.75) is 75.9 Å². The van der Waals surface area contributed by atoms with Crippen LogP contribution in [-0.4, -0.2) is 27.2 Å². The van der Waals surface area contributed by atoms with Gasteiger partial charge in [0.15, 0.2) is 0 Å². The van der Waals surface area contributed by atoms with Crippen LogP contribution in [0.1, 0.15) is 68.4 Å². The number of halogens is 1. The van der Waals surface area contributed by atoms with Gasteiger partial charge in [0.1, 0.15) is 16.0 Å². The van der Waals surface area contributed by atoms with E-state index in [2.05, 4.69) is 20.5 Å². The van der Waals surface area contributed by atoms with E-state index in [-0.39, 0.29) is 0 Å². The van der Waals surface area contributed by atoms with Gasteiger partial charge in [0, 0.05) is 6.54 Å². The molecule has 0 radical (unpaired) electrons. The first-order valence-electron chi connectivity index (χ1n) is 11.6. The average Bonchev–Trinajstić information content (AvgIpc) is 3.70. The molecule has 166 valence electrons. The molecule has 0 saturated heterocycles. The molecule has 0 aliphatic heterocycles. The van der Waals surface area contributed by atoms with Crippen LogP contribution >= 0.6 is 15.9 Å². The van der Waals surface area contributed by atoms with Crippen molar-refractivity contribution in [1.29, 1.82) is 0 Å². The maximum absolute atomic E-state index is 12.5. The fraction of sp³-hybridized carbons (Fsp3) is 0.600. The third-order valence-electron chi connectivity index (χ3n) is 7.55. The molecule has 0 atom stereocenters. The summed E-state index contributed by atoms with van der Waals surface area (Å²) >= 11 is 3.77. The summed E-state index contributed by atoms with van der Waals surface area (Å²) in [6, 6.07) is 9.74. The number of rotatable bonds is 8. The first-order valence-corrected chi connectivity index (χ1v) is 12.4. The lowest BCUT2D eigenvalue weighted by molar-refractivity contribution is -0.151. The first kappa shape index (κ1) is 21.2. The monoisotopic (exact) mass is 486 g/mol. The van der Waals surface area contributed by atoms with Gasteiger partial charge < -0.3 is 14.4 Å². The lowest BCUT2D eigenvalue weighted by atomic mass is 9.65. The zero-order valence-corrected chi connectivity index (χ0v) is 19.7. The van der Waals surface area contributed by atoms with Crippen molar-refractivity contribution in [1.82, 2.24) is 9.55 Å². The van der Waals surface area contributed by atoms with E-state index in [0.29, 0.717) is 31.6 Å². The quantitative estimate of drug-likeness (QED) is 0.528. The Morgan fingerprint density at radius 3 is 2.35 bits per heavy atom. The predicted molar refractivity (Wildman–Crippen MR) is 122 cm³/mol. The third kappa shape index (κ3) is 3.97. The second-order valence-corrected chi connectivity index (χ2v) is 10.6. The summed E-state index contributed by atoms with van der Waals surface area (Å²) in [5, 5.41) is 10.3. The highest BCUT2D eigenvalue weighted by molar-refractivity contribution is 9.10. The Hall–Kier alpha value is -1.66. The lowest BCUT2D eigenvalue weighted by Gasteiger charge is -2.44. The van der Waals surface area contributed by atoms with E-state index in [1.54, 1.807) is 0 Å². The second-order valence-electron chi connectivity index (χ2n) is 9.87. The lowest BCUT2D eigenvalue weighted by Crippen LogP contribution is -2.47.